The first-order valence-corrected chi connectivity index (χ1v) is 9.49. The van der Waals surface area contributed by atoms with Crippen LogP contribution in [-0.4, -0.2) is 24.0 Å². The van der Waals surface area contributed by atoms with Gasteiger partial charge in [-0.1, -0.05) is 45.0 Å². The van der Waals surface area contributed by atoms with E-state index >= 15 is 0 Å². The summed E-state index contributed by atoms with van der Waals surface area (Å²) in [6, 6.07) is 12.4. The molecular weight excluding hydrogens is 389 g/mol. The number of nitrogens with one attached hydrogen (secondary N) is 2. The number of carbonyl (C=O) groups is 3. The van der Waals surface area contributed by atoms with Gasteiger partial charge >= 0.3 is 6.09 Å². The number of primary amides is 1. The van der Waals surface area contributed by atoms with Crippen LogP contribution in [0.3, 0.4) is 0 Å². The zero-order chi connectivity index (χ0) is 22.3. The van der Waals surface area contributed by atoms with E-state index in [1.54, 1.807) is 30.3 Å². The molecule has 0 heterocycles. The van der Waals surface area contributed by atoms with Crippen LogP contribution in [0, 0.1) is 11.2 Å². The van der Waals surface area contributed by atoms with Crippen LogP contribution in [-0.2, 0) is 9.53 Å². The number of carbonyl (C=O) groups excluding carboxylic acids is 3. The maximum atomic E-state index is 14.5. The Morgan fingerprint density at radius 2 is 1.70 bits per heavy atom. The summed E-state index contributed by atoms with van der Waals surface area (Å²) in [5.41, 5.74) is 5.08. The standard InChI is InChI=1S/C22H26FN3O4/c1-22(2,3)13-12-17(30-21(24)29)19(27)26-16-11-7-10-15(23)18(16)20(28)25-14-8-5-4-6-9-14/h4-11,17H,12-13H2,1-3H3,(H2,24,29)(H,25,28)(H,26,27)/t17-/m0/s1. The molecular formula is C22H26FN3O4. The lowest BCUT2D eigenvalue weighted by Crippen LogP contribution is -2.35. The maximum absolute atomic E-state index is 14.5. The average molecular weight is 415 g/mol. The van der Waals surface area contributed by atoms with E-state index in [4.69, 9.17) is 10.5 Å². The van der Waals surface area contributed by atoms with Crippen LogP contribution in [0.2, 0.25) is 0 Å². The lowest BCUT2D eigenvalue weighted by molar-refractivity contribution is -0.124. The van der Waals surface area contributed by atoms with Crippen LogP contribution in [0.1, 0.15) is 44.0 Å². The SMILES string of the molecule is CC(C)(C)CC[C@H](OC(N)=O)C(=O)Nc1cccc(F)c1C(=O)Nc1ccccc1. The first-order chi connectivity index (χ1) is 14.1. The molecule has 2 aromatic rings. The summed E-state index contributed by atoms with van der Waals surface area (Å²) >= 11 is 0. The first kappa shape index (κ1) is 22.9. The fourth-order valence-corrected chi connectivity index (χ4v) is 2.74. The van der Waals surface area contributed by atoms with Crippen LogP contribution < -0.4 is 16.4 Å². The van der Waals surface area contributed by atoms with E-state index < -0.39 is 29.8 Å². The summed E-state index contributed by atoms with van der Waals surface area (Å²) in [6.45, 7) is 5.93. The predicted molar refractivity (Wildman–Crippen MR) is 113 cm³/mol. The van der Waals surface area contributed by atoms with E-state index in [2.05, 4.69) is 10.6 Å². The van der Waals surface area contributed by atoms with Gasteiger partial charge in [-0.05, 0) is 42.5 Å². The summed E-state index contributed by atoms with van der Waals surface area (Å²) in [6.07, 6.45) is -1.47. The maximum Gasteiger partial charge on any atom is 0.405 e. The Balaban J connectivity index is 2.23. The molecule has 1 atom stereocenters. The van der Waals surface area contributed by atoms with Crippen molar-refractivity contribution in [3.05, 3.63) is 59.9 Å². The van der Waals surface area contributed by atoms with Crippen molar-refractivity contribution in [2.24, 2.45) is 11.1 Å². The molecule has 0 aliphatic rings. The lowest BCUT2D eigenvalue weighted by atomic mass is 9.89. The number of hydrogen-bond donors (Lipinski definition) is 3. The van der Waals surface area contributed by atoms with Gasteiger partial charge in [-0.25, -0.2) is 9.18 Å². The Hall–Kier alpha value is -3.42. The van der Waals surface area contributed by atoms with E-state index in [1.165, 1.54) is 12.1 Å². The van der Waals surface area contributed by atoms with Gasteiger partial charge < -0.3 is 21.1 Å². The Bertz CT molecular complexity index is 910. The molecule has 0 radical (unpaired) electrons. The van der Waals surface area contributed by atoms with Crippen molar-refractivity contribution in [1.82, 2.24) is 0 Å². The number of hydrogen-bond acceptors (Lipinski definition) is 4. The Labute approximate surface area is 174 Å². The van der Waals surface area contributed by atoms with Gasteiger partial charge in [0.25, 0.3) is 11.8 Å². The number of ether oxygens (including phenoxy) is 1. The van der Waals surface area contributed by atoms with Crippen molar-refractivity contribution in [3.63, 3.8) is 0 Å². The summed E-state index contributed by atoms with van der Waals surface area (Å²) < 4.78 is 19.4. The van der Waals surface area contributed by atoms with E-state index in [1.807, 2.05) is 20.8 Å². The number of anilines is 2. The largest absolute Gasteiger partial charge is 0.436 e. The minimum atomic E-state index is -1.17. The smallest absolute Gasteiger partial charge is 0.405 e. The quantitative estimate of drug-likeness (QED) is 0.626. The fraction of sp³-hybridized carbons (Fsp3) is 0.318. The molecule has 0 spiro atoms. The van der Waals surface area contributed by atoms with Gasteiger partial charge in [-0.15, -0.1) is 0 Å². The summed E-state index contributed by atoms with van der Waals surface area (Å²) in [4.78, 5) is 36.6. The van der Waals surface area contributed by atoms with Crippen LogP contribution in [0.5, 0.6) is 0 Å². The molecule has 8 heteroatoms. The molecule has 0 bridgehead atoms. The van der Waals surface area contributed by atoms with Gasteiger partial charge in [-0.2, -0.15) is 0 Å². The van der Waals surface area contributed by atoms with Gasteiger partial charge in [0.2, 0.25) is 0 Å². The monoisotopic (exact) mass is 415 g/mol. The third kappa shape index (κ3) is 6.88. The fourth-order valence-electron chi connectivity index (χ4n) is 2.74. The summed E-state index contributed by atoms with van der Waals surface area (Å²) in [7, 11) is 0. The van der Waals surface area contributed by atoms with Crippen LogP contribution >= 0.6 is 0 Å². The van der Waals surface area contributed by atoms with Crippen LogP contribution in [0.15, 0.2) is 48.5 Å². The molecule has 2 rings (SSSR count). The van der Waals surface area contributed by atoms with E-state index in [-0.39, 0.29) is 23.1 Å². The highest BCUT2D eigenvalue weighted by Crippen LogP contribution is 2.25. The van der Waals surface area contributed by atoms with Gasteiger partial charge in [0.15, 0.2) is 6.10 Å². The zero-order valence-electron chi connectivity index (χ0n) is 17.2. The molecule has 4 N–H and O–H groups in total. The topological polar surface area (TPSA) is 111 Å². The molecule has 0 unspecified atom stereocenters. The molecule has 0 fully saturated rings. The number of benzene rings is 2. The third-order valence-electron chi connectivity index (χ3n) is 4.24. The van der Waals surface area contributed by atoms with E-state index in [9.17, 15) is 18.8 Å². The predicted octanol–water partition coefficient (Wildman–Crippen LogP) is 4.31. The highest BCUT2D eigenvalue weighted by molar-refractivity contribution is 6.10. The number of halogens is 1. The van der Waals surface area contributed by atoms with E-state index in [0.29, 0.717) is 12.1 Å². The summed E-state index contributed by atoms with van der Waals surface area (Å²) in [5, 5.41) is 5.07. The van der Waals surface area contributed by atoms with Gasteiger partial charge in [0.05, 0.1) is 11.3 Å². The van der Waals surface area contributed by atoms with Gasteiger partial charge in [-0.3, -0.25) is 9.59 Å². The number of rotatable bonds is 7. The van der Waals surface area contributed by atoms with Gasteiger partial charge in [0.1, 0.15) is 5.82 Å². The minimum absolute atomic E-state index is 0.0396. The number of para-hydroxylation sites is 1. The first-order valence-electron chi connectivity index (χ1n) is 9.49. The third-order valence-corrected chi connectivity index (χ3v) is 4.24. The van der Waals surface area contributed by atoms with Crippen molar-refractivity contribution in [1.29, 1.82) is 0 Å². The van der Waals surface area contributed by atoms with Crippen molar-refractivity contribution >= 4 is 29.3 Å². The molecule has 2 aromatic carbocycles. The minimum Gasteiger partial charge on any atom is -0.436 e. The second kappa shape index (κ2) is 9.87. The average Bonchev–Trinajstić information content (AvgIpc) is 2.65. The molecule has 160 valence electrons. The molecule has 0 aliphatic heterocycles. The molecule has 0 aromatic heterocycles. The van der Waals surface area contributed by atoms with Gasteiger partial charge in [0, 0.05) is 5.69 Å². The van der Waals surface area contributed by atoms with Crippen molar-refractivity contribution < 1.29 is 23.5 Å². The van der Waals surface area contributed by atoms with Crippen LogP contribution in [0.4, 0.5) is 20.6 Å². The molecule has 0 saturated carbocycles. The Kier molecular flexibility index (Phi) is 7.52. The Morgan fingerprint density at radius 1 is 1.03 bits per heavy atom. The molecule has 0 saturated heterocycles. The Morgan fingerprint density at radius 3 is 2.30 bits per heavy atom. The highest BCUT2D eigenvalue weighted by Gasteiger charge is 2.27. The lowest BCUT2D eigenvalue weighted by Gasteiger charge is -2.22. The highest BCUT2D eigenvalue weighted by atomic mass is 19.1. The van der Waals surface area contributed by atoms with Crippen molar-refractivity contribution in [2.45, 2.75) is 39.7 Å². The zero-order valence-corrected chi connectivity index (χ0v) is 17.2. The normalized spacial score (nSPS) is 12.0. The second-order valence-electron chi connectivity index (χ2n) is 8.00. The molecule has 7 nitrogen and oxygen atoms in total. The van der Waals surface area contributed by atoms with Crippen LogP contribution in [0.25, 0.3) is 0 Å². The molecule has 3 amide bonds. The second-order valence-corrected chi connectivity index (χ2v) is 8.00. The number of amides is 3. The molecule has 30 heavy (non-hydrogen) atoms. The van der Waals surface area contributed by atoms with Crippen molar-refractivity contribution in [2.75, 3.05) is 10.6 Å². The van der Waals surface area contributed by atoms with E-state index in [0.717, 1.165) is 6.07 Å². The summed E-state index contributed by atoms with van der Waals surface area (Å²) in [5.74, 6) is -2.22. The van der Waals surface area contributed by atoms with Crippen molar-refractivity contribution in [3.8, 4) is 0 Å². The molecule has 0 aliphatic carbocycles. The number of nitrogens with two attached hydrogens (primary N) is 1.